The first-order chi connectivity index (χ1) is 13.6. The summed E-state index contributed by atoms with van der Waals surface area (Å²) in [5.74, 6) is 1.07. The van der Waals surface area contributed by atoms with Crippen molar-refractivity contribution < 1.29 is 19.1 Å². The fourth-order valence-corrected chi connectivity index (χ4v) is 5.48. The molecule has 5 rings (SSSR count). The van der Waals surface area contributed by atoms with Gasteiger partial charge in [-0.3, -0.25) is 14.6 Å². The van der Waals surface area contributed by atoms with Gasteiger partial charge in [0.15, 0.2) is 17.3 Å². The van der Waals surface area contributed by atoms with Crippen LogP contribution in [0.25, 0.3) is 0 Å². The van der Waals surface area contributed by atoms with Gasteiger partial charge in [-0.05, 0) is 41.4 Å². The molecule has 0 N–H and O–H groups in total. The summed E-state index contributed by atoms with van der Waals surface area (Å²) in [6.07, 6.45) is 2.56. The van der Waals surface area contributed by atoms with Gasteiger partial charge in [-0.2, -0.15) is 0 Å². The van der Waals surface area contributed by atoms with E-state index in [1.807, 2.05) is 18.2 Å². The minimum atomic E-state index is -0.354. The van der Waals surface area contributed by atoms with Crippen molar-refractivity contribution in [3.8, 4) is 11.5 Å². The van der Waals surface area contributed by atoms with E-state index in [0.717, 1.165) is 35.4 Å². The van der Waals surface area contributed by atoms with Crippen LogP contribution in [0.1, 0.15) is 64.9 Å². The van der Waals surface area contributed by atoms with E-state index in [1.54, 1.807) is 0 Å². The van der Waals surface area contributed by atoms with E-state index in [2.05, 4.69) is 27.7 Å². The highest BCUT2D eigenvalue weighted by atomic mass is 16.7. The molecule has 5 nitrogen and oxygen atoms in total. The van der Waals surface area contributed by atoms with Gasteiger partial charge in [-0.1, -0.05) is 33.8 Å². The molecule has 0 spiro atoms. The first-order valence-electron chi connectivity index (χ1n) is 10.4. The Morgan fingerprint density at radius 3 is 2.41 bits per heavy atom. The summed E-state index contributed by atoms with van der Waals surface area (Å²) in [6, 6.07) is 5.81. The zero-order chi connectivity index (χ0) is 20.6. The number of ether oxygens (including phenoxy) is 2. The maximum Gasteiger partial charge on any atom is 0.231 e. The molecule has 0 radical (unpaired) electrons. The second-order valence-electron chi connectivity index (χ2n) is 10.5. The van der Waals surface area contributed by atoms with E-state index in [9.17, 15) is 9.59 Å². The molecule has 2 aliphatic carbocycles. The maximum atomic E-state index is 13.3. The van der Waals surface area contributed by atoms with Crippen molar-refractivity contribution in [2.45, 2.75) is 59.3 Å². The molecule has 2 atom stereocenters. The van der Waals surface area contributed by atoms with Crippen molar-refractivity contribution in [1.29, 1.82) is 0 Å². The lowest BCUT2D eigenvalue weighted by molar-refractivity contribution is -0.124. The quantitative estimate of drug-likeness (QED) is 0.699. The second kappa shape index (κ2) is 6.04. The van der Waals surface area contributed by atoms with E-state index >= 15 is 0 Å². The lowest BCUT2D eigenvalue weighted by Gasteiger charge is -2.44. The molecule has 0 saturated heterocycles. The minimum Gasteiger partial charge on any atom is -0.454 e. The molecule has 0 amide bonds. The molecule has 1 unspecified atom stereocenters. The molecule has 4 aliphatic rings. The topological polar surface area (TPSA) is 65.0 Å². The second-order valence-corrected chi connectivity index (χ2v) is 10.5. The number of fused-ring (bicyclic) bond motifs is 2. The van der Waals surface area contributed by atoms with Crippen LogP contribution < -0.4 is 9.47 Å². The molecule has 1 saturated carbocycles. The number of ketones is 2. The highest BCUT2D eigenvalue weighted by Gasteiger charge is 2.50. The van der Waals surface area contributed by atoms with Crippen molar-refractivity contribution in [2.75, 3.05) is 6.79 Å². The number of nitrogens with zero attached hydrogens (tertiary/aromatic N) is 1. The molecular formula is C24H27NO4. The van der Waals surface area contributed by atoms with E-state index < -0.39 is 0 Å². The third-order valence-electron chi connectivity index (χ3n) is 6.59. The van der Waals surface area contributed by atoms with Crippen molar-refractivity contribution in [2.24, 2.45) is 21.7 Å². The van der Waals surface area contributed by atoms with Crippen LogP contribution >= 0.6 is 0 Å². The van der Waals surface area contributed by atoms with Gasteiger partial charge in [0.2, 0.25) is 6.79 Å². The average molecular weight is 393 g/mol. The third-order valence-corrected chi connectivity index (χ3v) is 6.59. The van der Waals surface area contributed by atoms with Gasteiger partial charge in [0, 0.05) is 35.7 Å². The van der Waals surface area contributed by atoms with Gasteiger partial charge >= 0.3 is 0 Å². The first kappa shape index (κ1) is 18.6. The smallest absolute Gasteiger partial charge is 0.231 e. The molecule has 2 aliphatic heterocycles. The lowest BCUT2D eigenvalue weighted by atomic mass is 9.60. The molecule has 0 aromatic heterocycles. The van der Waals surface area contributed by atoms with E-state index in [1.165, 1.54) is 0 Å². The number of benzene rings is 1. The Morgan fingerprint density at radius 2 is 1.62 bits per heavy atom. The van der Waals surface area contributed by atoms with Crippen molar-refractivity contribution in [3.05, 3.63) is 35.0 Å². The zero-order valence-corrected chi connectivity index (χ0v) is 17.5. The number of Topliss-reactive ketones (excluding diaryl/α,β-unsaturated/α-hetero) is 2. The van der Waals surface area contributed by atoms with Gasteiger partial charge < -0.3 is 9.47 Å². The predicted molar refractivity (Wildman–Crippen MR) is 109 cm³/mol. The Balaban J connectivity index is 1.69. The molecule has 1 aromatic carbocycles. The highest BCUT2D eigenvalue weighted by Crippen LogP contribution is 2.52. The van der Waals surface area contributed by atoms with Gasteiger partial charge in [0.1, 0.15) is 5.78 Å². The van der Waals surface area contributed by atoms with E-state index in [0.29, 0.717) is 24.3 Å². The number of aliphatic imine (C=N–C) groups is 1. The number of hydrogen-bond acceptors (Lipinski definition) is 5. The average Bonchev–Trinajstić information content (AvgIpc) is 3.05. The summed E-state index contributed by atoms with van der Waals surface area (Å²) in [5.41, 5.74) is 3.30. The van der Waals surface area contributed by atoms with Crippen molar-refractivity contribution >= 4 is 17.3 Å². The molecule has 152 valence electrons. The molecule has 2 heterocycles. The Hall–Kier alpha value is -2.43. The molecule has 29 heavy (non-hydrogen) atoms. The monoisotopic (exact) mass is 393 g/mol. The first-order valence-corrected chi connectivity index (χ1v) is 10.4. The number of carbonyl (C=O) groups is 2. The summed E-state index contributed by atoms with van der Waals surface area (Å²) >= 11 is 0. The molecule has 0 bridgehead atoms. The van der Waals surface area contributed by atoms with Gasteiger partial charge in [0.05, 0.1) is 5.92 Å². The number of carbonyl (C=O) groups excluding carboxylic acids is 2. The molecule has 1 fully saturated rings. The molecule has 5 heteroatoms. The Kier molecular flexibility index (Phi) is 3.87. The fraction of sp³-hybridized carbons (Fsp3) is 0.542. The van der Waals surface area contributed by atoms with E-state index in [4.69, 9.17) is 14.5 Å². The summed E-state index contributed by atoms with van der Waals surface area (Å²) in [5, 5.41) is 0. The van der Waals surface area contributed by atoms with Crippen LogP contribution in [0.15, 0.2) is 34.5 Å². The van der Waals surface area contributed by atoms with Gasteiger partial charge in [-0.25, -0.2) is 0 Å². The van der Waals surface area contributed by atoms with Crippen LogP contribution in [0, 0.1) is 16.7 Å². The Morgan fingerprint density at radius 1 is 0.897 bits per heavy atom. The van der Waals surface area contributed by atoms with Crippen LogP contribution in [0.4, 0.5) is 0 Å². The minimum absolute atomic E-state index is 0.0991. The molecular weight excluding hydrogens is 366 g/mol. The van der Waals surface area contributed by atoms with Crippen LogP contribution in [0.3, 0.4) is 0 Å². The predicted octanol–water partition coefficient (Wildman–Crippen LogP) is 4.60. The lowest BCUT2D eigenvalue weighted by Crippen LogP contribution is -2.45. The highest BCUT2D eigenvalue weighted by molar-refractivity contribution is 6.13. The number of allylic oxidation sites excluding steroid dienone is 2. The van der Waals surface area contributed by atoms with Gasteiger partial charge in [0.25, 0.3) is 0 Å². The Bertz CT molecular complexity index is 998. The normalized spacial score (nSPS) is 29.3. The largest absolute Gasteiger partial charge is 0.454 e. The fourth-order valence-electron chi connectivity index (χ4n) is 5.48. The summed E-state index contributed by atoms with van der Waals surface area (Å²) in [6.45, 7) is 8.69. The number of rotatable bonds is 1. The van der Waals surface area contributed by atoms with Crippen LogP contribution in [0.2, 0.25) is 0 Å². The van der Waals surface area contributed by atoms with Crippen molar-refractivity contribution in [1.82, 2.24) is 0 Å². The van der Waals surface area contributed by atoms with Crippen LogP contribution in [0.5, 0.6) is 11.5 Å². The van der Waals surface area contributed by atoms with Crippen LogP contribution in [-0.2, 0) is 9.59 Å². The van der Waals surface area contributed by atoms with E-state index in [-0.39, 0.29) is 41.0 Å². The maximum absolute atomic E-state index is 13.3. The zero-order valence-electron chi connectivity index (χ0n) is 17.5. The third kappa shape index (κ3) is 3.02. The summed E-state index contributed by atoms with van der Waals surface area (Å²) in [4.78, 5) is 31.5. The van der Waals surface area contributed by atoms with Gasteiger partial charge in [-0.15, -0.1) is 0 Å². The SMILES string of the molecule is CC1(C)CC(=O)C2C(=NC3=C(C(=O)CC(C)(C)C3)[C@@H]2c2ccc3c(c2)OCO3)C1. The summed E-state index contributed by atoms with van der Waals surface area (Å²) < 4.78 is 11.0. The summed E-state index contributed by atoms with van der Waals surface area (Å²) in [7, 11) is 0. The van der Waals surface area contributed by atoms with Crippen molar-refractivity contribution in [3.63, 3.8) is 0 Å². The standard InChI is InChI=1S/C24H27NO4/c1-23(2)8-14-21(16(26)10-23)20(13-5-6-18-19(7-13)29-12-28-18)22-15(25-14)9-24(3,4)11-17(22)27/h5-7,20-21H,8-12H2,1-4H3/t20-,21?/m1/s1. The molecule has 1 aromatic rings. The number of hydrogen-bond donors (Lipinski definition) is 0. The van der Waals surface area contributed by atoms with Crippen LogP contribution in [-0.4, -0.2) is 24.1 Å². The Labute approximate surface area is 171 Å².